The van der Waals surface area contributed by atoms with Crippen LogP contribution in [0.25, 0.3) is 0 Å². The Kier molecular flexibility index (Phi) is 3.21. The van der Waals surface area contributed by atoms with E-state index in [2.05, 4.69) is 0 Å². The zero-order chi connectivity index (χ0) is 12.5. The fourth-order valence-corrected chi connectivity index (χ4v) is 1.52. The zero-order valence-corrected chi connectivity index (χ0v) is 9.80. The normalized spacial score (nSPS) is 11.3. The summed E-state index contributed by atoms with van der Waals surface area (Å²) in [5.41, 5.74) is -0.825. The third-order valence-corrected chi connectivity index (χ3v) is 2.68. The number of aliphatic carboxylic acids is 1. The molecule has 0 amide bonds. The summed E-state index contributed by atoms with van der Waals surface area (Å²) in [7, 11) is 1.39. The van der Waals surface area contributed by atoms with E-state index in [-0.39, 0.29) is 11.3 Å². The highest BCUT2D eigenvalue weighted by Crippen LogP contribution is 2.35. The van der Waals surface area contributed by atoms with Gasteiger partial charge >= 0.3 is 5.97 Å². The molecule has 0 heterocycles. The lowest BCUT2D eigenvalue weighted by Crippen LogP contribution is -2.30. The minimum absolute atomic E-state index is 0.0856. The Labute approximate surface area is 93.9 Å². The van der Waals surface area contributed by atoms with Gasteiger partial charge in [-0.15, -0.1) is 0 Å². The number of methoxy groups -OCH3 is 1. The van der Waals surface area contributed by atoms with Gasteiger partial charge in [0.05, 0.1) is 12.5 Å². The first-order chi connectivity index (χ1) is 7.32. The molecular weight excluding hydrogens is 211 g/mol. The lowest BCUT2D eigenvalue weighted by Gasteiger charge is -2.23. The van der Waals surface area contributed by atoms with Crippen molar-refractivity contribution in [2.45, 2.75) is 26.2 Å². The van der Waals surface area contributed by atoms with Crippen LogP contribution >= 0.6 is 0 Å². The second-order valence-corrected chi connectivity index (χ2v) is 4.20. The van der Waals surface area contributed by atoms with E-state index in [0.717, 1.165) is 0 Å². The number of carboxylic acid groups (broad SMARTS) is 1. The molecule has 4 heteroatoms. The number of halogens is 1. The predicted octanol–water partition coefficient (Wildman–Crippen LogP) is 2.50. The summed E-state index contributed by atoms with van der Waals surface area (Å²) in [6.45, 7) is 4.50. The maximum Gasteiger partial charge on any atom is 0.313 e. The minimum Gasteiger partial charge on any atom is -0.496 e. The fourth-order valence-electron chi connectivity index (χ4n) is 1.52. The average molecular weight is 226 g/mol. The molecule has 0 bridgehead atoms. The molecule has 0 aliphatic heterocycles. The molecule has 88 valence electrons. The molecule has 1 aromatic carbocycles. The highest BCUT2D eigenvalue weighted by atomic mass is 19.1. The Bertz CT molecular complexity index is 425. The van der Waals surface area contributed by atoms with Gasteiger partial charge in [-0.1, -0.05) is 6.07 Å². The molecule has 0 atom stereocenters. The van der Waals surface area contributed by atoms with E-state index in [1.807, 2.05) is 0 Å². The molecule has 1 rings (SSSR count). The summed E-state index contributed by atoms with van der Waals surface area (Å²) < 4.78 is 19.0. The van der Waals surface area contributed by atoms with E-state index >= 15 is 0 Å². The summed E-state index contributed by atoms with van der Waals surface area (Å²) in [6, 6.07) is 3.15. The average Bonchev–Trinajstić information content (AvgIpc) is 2.21. The molecule has 0 saturated heterocycles. The molecule has 0 spiro atoms. The first-order valence-electron chi connectivity index (χ1n) is 4.89. The largest absolute Gasteiger partial charge is 0.496 e. The predicted molar refractivity (Wildman–Crippen MR) is 58.4 cm³/mol. The van der Waals surface area contributed by atoms with Crippen LogP contribution in [0.2, 0.25) is 0 Å². The standard InChI is InChI=1S/C12H15FO3/c1-7-5-6-8(16-4)9(10(7)13)12(2,3)11(14)15/h5-6H,1-4H3,(H,14,15). The molecular formula is C12H15FO3. The summed E-state index contributed by atoms with van der Waals surface area (Å²) in [5, 5.41) is 9.11. The van der Waals surface area contributed by atoms with Crippen LogP contribution in [0, 0.1) is 12.7 Å². The Balaban J connectivity index is 3.52. The van der Waals surface area contributed by atoms with Gasteiger partial charge in [-0.05, 0) is 32.4 Å². The van der Waals surface area contributed by atoms with Gasteiger partial charge in [0, 0.05) is 5.56 Å². The summed E-state index contributed by atoms with van der Waals surface area (Å²) in [6.07, 6.45) is 0. The van der Waals surface area contributed by atoms with Crippen molar-refractivity contribution in [1.82, 2.24) is 0 Å². The molecule has 1 N–H and O–H groups in total. The number of hydrogen-bond donors (Lipinski definition) is 1. The summed E-state index contributed by atoms with van der Waals surface area (Å²) >= 11 is 0. The van der Waals surface area contributed by atoms with Gasteiger partial charge in [0.1, 0.15) is 11.6 Å². The lowest BCUT2D eigenvalue weighted by molar-refractivity contribution is -0.142. The second-order valence-electron chi connectivity index (χ2n) is 4.20. The van der Waals surface area contributed by atoms with Crippen LogP contribution in [0.4, 0.5) is 4.39 Å². The molecule has 0 fully saturated rings. The molecule has 0 aliphatic carbocycles. The van der Waals surface area contributed by atoms with Crippen LogP contribution in [-0.4, -0.2) is 18.2 Å². The van der Waals surface area contributed by atoms with Crippen molar-refractivity contribution >= 4 is 5.97 Å². The number of carboxylic acids is 1. The number of benzene rings is 1. The van der Waals surface area contributed by atoms with Crippen molar-refractivity contribution < 1.29 is 19.0 Å². The fraction of sp³-hybridized carbons (Fsp3) is 0.417. The third kappa shape index (κ3) is 1.87. The molecule has 3 nitrogen and oxygen atoms in total. The lowest BCUT2D eigenvalue weighted by atomic mass is 9.83. The molecule has 16 heavy (non-hydrogen) atoms. The molecule has 0 unspecified atom stereocenters. The first kappa shape index (κ1) is 12.5. The van der Waals surface area contributed by atoms with Gasteiger partial charge < -0.3 is 9.84 Å². The topological polar surface area (TPSA) is 46.5 Å². The number of aryl methyl sites for hydroxylation is 1. The number of hydrogen-bond acceptors (Lipinski definition) is 2. The van der Waals surface area contributed by atoms with Crippen molar-refractivity contribution in [1.29, 1.82) is 0 Å². The van der Waals surface area contributed by atoms with Crippen LogP contribution < -0.4 is 4.74 Å². The van der Waals surface area contributed by atoms with Gasteiger partial charge in [0.2, 0.25) is 0 Å². The third-order valence-electron chi connectivity index (χ3n) is 2.68. The van der Waals surface area contributed by atoms with Crippen molar-refractivity contribution in [2.75, 3.05) is 7.11 Å². The monoisotopic (exact) mass is 226 g/mol. The minimum atomic E-state index is -1.32. The Morgan fingerprint density at radius 1 is 1.44 bits per heavy atom. The summed E-state index contributed by atoms with van der Waals surface area (Å²) in [4.78, 5) is 11.1. The van der Waals surface area contributed by atoms with E-state index in [4.69, 9.17) is 9.84 Å². The molecule has 0 radical (unpaired) electrons. The molecule has 0 aliphatic rings. The van der Waals surface area contributed by atoms with Crippen molar-refractivity contribution in [2.24, 2.45) is 0 Å². The number of carbonyl (C=O) groups is 1. The van der Waals surface area contributed by atoms with Crippen molar-refractivity contribution in [3.05, 3.63) is 29.1 Å². The van der Waals surface area contributed by atoms with Crippen LogP contribution in [0.5, 0.6) is 5.75 Å². The number of rotatable bonds is 3. The van der Waals surface area contributed by atoms with Crippen molar-refractivity contribution in [3.63, 3.8) is 0 Å². The van der Waals surface area contributed by atoms with E-state index in [9.17, 15) is 9.18 Å². The van der Waals surface area contributed by atoms with E-state index in [1.54, 1.807) is 19.1 Å². The van der Waals surface area contributed by atoms with Crippen LogP contribution in [-0.2, 0) is 10.2 Å². The summed E-state index contributed by atoms with van der Waals surface area (Å²) in [5.74, 6) is -1.35. The van der Waals surface area contributed by atoms with Crippen LogP contribution in [0.3, 0.4) is 0 Å². The van der Waals surface area contributed by atoms with Gasteiger partial charge in [-0.3, -0.25) is 4.79 Å². The SMILES string of the molecule is COc1ccc(C)c(F)c1C(C)(C)C(=O)O. The maximum absolute atomic E-state index is 14.0. The van der Waals surface area contributed by atoms with Gasteiger partial charge in [-0.25, -0.2) is 4.39 Å². The van der Waals surface area contributed by atoms with E-state index in [0.29, 0.717) is 5.56 Å². The second kappa shape index (κ2) is 4.12. The van der Waals surface area contributed by atoms with E-state index < -0.39 is 17.2 Å². The van der Waals surface area contributed by atoms with Crippen LogP contribution in [0.1, 0.15) is 25.0 Å². The first-order valence-corrected chi connectivity index (χ1v) is 4.89. The highest BCUT2D eigenvalue weighted by Gasteiger charge is 2.35. The van der Waals surface area contributed by atoms with Gasteiger partial charge in [0.25, 0.3) is 0 Å². The molecule has 0 saturated carbocycles. The van der Waals surface area contributed by atoms with Crippen LogP contribution in [0.15, 0.2) is 12.1 Å². The van der Waals surface area contributed by atoms with E-state index in [1.165, 1.54) is 21.0 Å². The Morgan fingerprint density at radius 2 is 2.00 bits per heavy atom. The zero-order valence-electron chi connectivity index (χ0n) is 9.80. The Morgan fingerprint density at radius 3 is 2.44 bits per heavy atom. The molecule has 1 aromatic rings. The highest BCUT2D eigenvalue weighted by molar-refractivity contribution is 5.81. The molecule has 0 aromatic heterocycles. The van der Waals surface area contributed by atoms with Gasteiger partial charge in [0.15, 0.2) is 0 Å². The van der Waals surface area contributed by atoms with Crippen molar-refractivity contribution in [3.8, 4) is 5.75 Å². The smallest absolute Gasteiger partial charge is 0.313 e. The quantitative estimate of drug-likeness (QED) is 0.861. The number of ether oxygens (including phenoxy) is 1. The van der Waals surface area contributed by atoms with Gasteiger partial charge in [-0.2, -0.15) is 0 Å². The maximum atomic E-state index is 14.0. The Hall–Kier alpha value is -1.58.